The Labute approximate surface area is 90.0 Å². The summed E-state index contributed by atoms with van der Waals surface area (Å²) in [6.45, 7) is 3.41. The van der Waals surface area contributed by atoms with Crippen LogP contribution in [0.25, 0.3) is 0 Å². The lowest BCUT2D eigenvalue weighted by atomic mass is 10.1. The number of aliphatic hydroxyl groups is 1. The van der Waals surface area contributed by atoms with Crippen molar-refractivity contribution in [1.29, 1.82) is 0 Å². The van der Waals surface area contributed by atoms with Crippen LogP contribution in [-0.4, -0.2) is 39.2 Å². The molecule has 2 heterocycles. The predicted octanol–water partition coefficient (Wildman–Crippen LogP) is 0.994. The molecule has 4 nitrogen and oxygen atoms in total. The molecule has 0 aromatic carbocycles. The molecule has 1 aromatic rings. The summed E-state index contributed by atoms with van der Waals surface area (Å²) >= 11 is 0. The van der Waals surface area contributed by atoms with Crippen molar-refractivity contribution >= 4 is 0 Å². The highest BCUT2D eigenvalue weighted by molar-refractivity contribution is 5.03. The summed E-state index contributed by atoms with van der Waals surface area (Å²) in [7, 11) is 0. The lowest BCUT2D eigenvalue weighted by Crippen LogP contribution is -2.34. The molecule has 0 saturated carbocycles. The van der Waals surface area contributed by atoms with Gasteiger partial charge in [-0.2, -0.15) is 0 Å². The van der Waals surface area contributed by atoms with Crippen molar-refractivity contribution in [3.63, 3.8) is 0 Å². The van der Waals surface area contributed by atoms with Crippen molar-refractivity contribution in [2.45, 2.75) is 31.8 Å². The van der Waals surface area contributed by atoms with E-state index >= 15 is 0 Å². The van der Waals surface area contributed by atoms with Gasteiger partial charge in [0, 0.05) is 24.6 Å². The Bertz CT molecular complexity index is 304. The maximum atomic E-state index is 9.25. The van der Waals surface area contributed by atoms with Crippen LogP contribution in [0.5, 0.6) is 0 Å². The van der Waals surface area contributed by atoms with Crippen molar-refractivity contribution in [1.82, 2.24) is 14.9 Å². The third kappa shape index (κ3) is 2.16. The molecular formula is C11H17N3O. The van der Waals surface area contributed by atoms with E-state index in [2.05, 4.69) is 21.8 Å². The second kappa shape index (κ2) is 4.68. The first-order chi connectivity index (χ1) is 7.33. The van der Waals surface area contributed by atoms with E-state index in [1.807, 2.05) is 0 Å². The fourth-order valence-corrected chi connectivity index (χ4v) is 2.26. The second-order valence-electron chi connectivity index (χ2n) is 4.02. The zero-order chi connectivity index (χ0) is 10.7. The SMILES string of the molecule is CC(c1cnccn1)N1CCCC1CO. The van der Waals surface area contributed by atoms with Gasteiger partial charge in [-0.3, -0.25) is 14.9 Å². The van der Waals surface area contributed by atoms with Crippen LogP contribution in [0, 0.1) is 0 Å². The van der Waals surface area contributed by atoms with Gasteiger partial charge in [-0.25, -0.2) is 0 Å². The predicted molar refractivity (Wildman–Crippen MR) is 57.3 cm³/mol. The Kier molecular flexibility index (Phi) is 3.28. The van der Waals surface area contributed by atoms with E-state index in [1.54, 1.807) is 18.6 Å². The number of hydrogen-bond donors (Lipinski definition) is 1. The van der Waals surface area contributed by atoms with E-state index < -0.39 is 0 Å². The maximum Gasteiger partial charge on any atom is 0.0755 e. The van der Waals surface area contributed by atoms with Crippen LogP contribution >= 0.6 is 0 Å². The zero-order valence-electron chi connectivity index (χ0n) is 9.00. The monoisotopic (exact) mass is 207 g/mol. The lowest BCUT2D eigenvalue weighted by molar-refractivity contribution is 0.124. The van der Waals surface area contributed by atoms with Gasteiger partial charge >= 0.3 is 0 Å². The summed E-state index contributed by atoms with van der Waals surface area (Å²) in [6.07, 6.45) is 7.45. The minimum Gasteiger partial charge on any atom is -0.395 e. The Hall–Kier alpha value is -1.00. The van der Waals surface area contributed by atoms with Crippen LogP contribution in [-0.2, 0) is 0 Å². The number of hydrogen-bond acceptors (Lipinski definition) is 4. The Morgan fingerprint density at radius 3 is 3.13 bits per heavy atom. The van der Waals surface area contributed by atoms with Crippen molar-refractivity contribution in [3.8, 4) is 0 Å². The van der Waals surface area contributed by atoms with Gasteiger partial charge in [0.2, 0.25) is 0 Å². The largest absolute Gasteiger partial charge is 0.395 e. The minimum atomic E-state index is 0.241. The molecule has 0 spiro atoms. The summed E-state index contributed by atoms with van der Waals surface area (Å²) in [6, 6.07) is 0.542. The van der Waals surface area contributed by atoms with Gasteiger partial charge in [0.25, 0.3) is 0 Å². The number of aromatic nitrogens is 2. The van der Waals surface area contributed by atoms with E-state index in [4.69, 9.17) is 0 Å². The van der Waals surface area contributed by atoms with E-state index in [0.717, 1.165) is 25.1 Å². The first-order valence-electron chi connectivity index (χ1n) is 5.45. The smallest absolute Gasteiger partial charge is 0.0755 e. The molecule has 1 aliphatic rings. The normalized spacial score (nSPS) is 24.3. The highest BCUT2D eigenvalue weighted by Gasteiger charge is 2.29. The van der Waals surface area contributed by atoms with Crippen LogP contribution in [0.2, 0.25) is 0 Å². The van der Waals surface area contributed by atoms with Gasteiger partial charge in [-0.1, -0.05) is 0 Å². The molecule has 1 N–H and O–H groups in total. The second-order valence-corrected chi connectivity index (χ2v) is 4.02. The molecule has 2 atom stereocenters. The van der Waals surface area contributed by atoms with Crippen LogP contribution < -0.4 is 0 Å². The quantitative estimate of drug-likeness (QED) is 0.803. The average molecular weight is 207 g/mol. The van der Waals surface area contributed by atoms with Gasteiger partial charge in [0.1, 0.15) is 0 Å². The van der Waals surface area contributed by atoms with Gasteiger partial charge in [-0.05, 0) is 26.3 Å². The highest BCUT2D eigenvalue weighted by atomic mass is 16.3. The molecule has 4 heteroatoms. The summed E-state index contributed by atoms with van der Waals surface area (Å²) in [5.74, 6) is 0. The van der Waals surface area contributed by atoms with Crippen LogP contribution in [0.4, 0.5) is 0 Å². The fourth-order valence-electron chi connectivity index (χ4n) is 2.26. The van der Waals surface area contributed by atoms with Crippen LogP contribution in [0.15, 0.2) is 18.6 Å². The molecule has 2 rings (SSSR count). The van der Waals surface area contributed by atoms with Gasteiger partial charge in [0.05, 0.1) is 18.3 Å². The van der Waals surface area contributed by atoms with Crippen molar-refractivity contribution < 1.29 is 5.11 Å². The maximum absolute atomic E-state index is 9.25. The summed E-state index contributed by atoms with van der Waals surface area (Å²) < 4.78 is 0. The van der Waals surface area contributed by atoms with Crippen LogP contribution in [0.3, 0.4) is 0 Å². The topological polar surface area (TPSA) is 49.2 Å². The van der Waals surface area contributed by atoms with E-state index in [-0.39, 0.29) is 12.6 Å². The fraction of sp³-hybridized carbons (Fsp3) is 0.636. The molecule has 1 aliphatic heterocycles. The summed E-state index contributed by atoms with van der Waals surface area (Å²) in [4.78, 5) is 10.7. The Morgan fingerprint density at radius 1 is 1.60 bits per heavy atom. The third-order valence-electron chi connectivity index (χ3n) is 3.14. The van der Waals surface area contributed by atoms with Gasteiger partial charge in [-0.15, -0.1) is 0 Å². The summed E-state index contributed by atoms with van der Waals surface area (Å²) in [5, 5.41) is 9.25. The summed E-state index contributed by atoms with van der Waals surface area (Å²) in [5.41, 5.74) is 0.984. The number of rotatable bonds is 3. The molecule has 1 aromatic heterocycles. The molecule has 0 aliphatic carbocycles. The third-order valence-corrected chi connectivity index (χ3v) is 3.14. The molecule has 2 unspecified atom stereocenters. The van der Waals surface area contributed by atoms with Crippen molar-refractivity contribution in [3.05, 3.63) is 24.3 Å². The molecule has 15 heavy (non-hydrogen) atoms. The highest BCUT2D eigenvalue weighted by Crippen LogP contribution is 2.27. The van der Waals surface area contributed by atoms with Gasteiger partial charge in [0.15, 0.2) is 0 Å². The minimum absolute atomic E-state index is 0.241. The number of likely N-dealkylation sites (tertiary alicyclic amines) is 1. The first kappa shape index (κ1) is 10.5. The number of aliphatic hydroxyl groups excluding tert-OH is 1. The number of nitrogens with zero attached hydrogens (tertiary/aromatic N) is 3. The standard InChI is InChI=1S/C11H17N3O/c1-9(11-7-12-4-5-13-11)14-6-2-3-10(14)8-15/h4-5,7,9-10,15H,2-3,6,8H2,1H3. The molecule has 0 radical (unpaired) electrons. The van der Waals surface area contributed by atoms with Gasteiger partial charge < -0.3 is 5.11 Å². The van der Waals surface area contributed by atoms with Crippen molar-refractivity contribution in [2.75, 3.05) is 13.2 Å². The molecule has 82 valence electrons. The zero-order valence-corrected chi connectivity index (χ0v) is 9.00. The van der Waals surface area contributed by atoms with E-state index in [0.29, 0.717) is 6.04 Å². The first-order valence-corrected chi connectivity index (χ1v) is 5.45. The molecule has 0 bridgehead atoms. The molecule has 0 amide bonds. The van der Waals surface area contributed by atoms with Crippen LogP contribution in [0.1, 0.15) is 31.5 Å². The Balaban J connectivity index is 2.10. The van der Waals surface area contributed by atoms with E-state index in [1.165, 1.54) is 0 Å². The molecule has 1 saturated heterocycles. The Morgan fingerprint density at radius 2 is 2.47 bits per heavy atom. The van der Waals surface area contributed by atoms with Crippen molar-refractivity contribution in [2.24, 2.45) is 0 Å². The molecular weight excluding hydrogens is 190 g/mol. The lowest BCUT2D eigenvalue weighted by Gasteiger charge is -2.28. The van der Waals surface area contributed by atoms with E-state index in [9.17, 15) is 5.11 Å². The molecule has 1 fully saturated rings. The average Bonchev–Trinajstić information content (AvgIpc) is 2.77.